The molecule has 0 aromatic heterocycles. The molecule has 0 spiro atoms. The maximum Gasteiger partial charge on any atom is 0.136 e. The predicted octanol–water partition coefficient (Wildman–Crippen LogP) is 6.15. The maximum atomic E-state index is 14.2. The summed E-state index contributed by atoms with van der Waals surface area (Å²) >= 11 is 1.07. The predicted molar refractivity (Wildman–Crippen MR) is 137 cm³/mol. The number of thioether (sulfide) groups is 1. The lowest BCUT2D eigenvalue weighted by Gasteiger charge is -2.17. The van der Waals surface area contributed by atoms with E-state index in [-0.39, 0.29) is 34.6 Å². The molecule has 3 rings (SSSR count). The molecule has 2 unspecified atom stereocenters. The Balaban J connectivity index is 1.68. The Hall–Kier alpha value is -2.81. The lowest BCUT2D eigenvalue weighted by molar-refractivity contribution is 0.535. The minimum Gasteiger partial charge on any atom is -0.296 e. The molecule has 0 saturated heterocycles. The lowest BCUT2D eigenvalue weighted by atomic mass is 9.88. The van der Waals surface area contributed by atoms with Gasteiger partial charge in [0.1, 0.15) is 17.5 Å². The summed E-state index contributed by atoms with van der Waals surface area (Å²) in [7, 11) is 0. The molecule has 5 nitrogen and oxygen atoms in total. The second-order valence-corrected chi connectivity index (χ2v) is 9.42. The molecule has 0 radical (unpaired) electrons. The van der Waals surface area contributed by atoms with Crippen molar-refractivity contribution in [2.24, 2.45) is 26.8 Å². The molecule has 9 heteroatoms. The molecular formula is C25H28F3N5S. The minimum atomic E-state index is -0.974. The molecule has 2 aliphatic rings. The van der Waals surface area contributed by atoms with Crippen molar-refractivity contribution in [1.29, 1.82) is 10.8 Å². The van der Waals surface area contributed by atoms with E-state index in [1.165, 1.54) is 0 Å². The molecule has 0 amide bonds. The van der Waals surface area contributed by atoms with Crippen LogP contribution >= 0.6 is 11.8 Å². The third-order valence-electron chi connectivity index (χ3n) is 5.91. The third kappa shape index (κ3) is 6.20. The standard InChI is InChI=1S/C25H28F3N5S/c1-4-14(2)24(33-13-22(29)34-25(30)16-6-5-7-31-11-16)21-8-17(12-32-21)15(3)23-19(27)9-18(26)10-20(23)28/h6-7,9-10,14,17,29-30H,3-5,8,11-13H2,1-2H3. The van der Waals surface area contributed by atoms with Gasteiger partial charge in [0, 0.05) is 48.4 Å². The minimum absolute atomic E-state index is 0.0812. The molecule has 1 aromatic carbocycles. The second kappa shape index (κ2) is 11.6. The van der Waals surface area contributed by atoms with Gasteiger partial charge in [0.05, 0.1) is 34.6 Å². The topological polar surface area (TPSA) is 84.8 Å². The van der Waals surface area contributed by atoms with E-state index in [0.717, 1.165) is 35.2 Å². The number of nitrogens with one attached hydrogen (secondary N) is 2. The smallest absolute Gasteiger partial charge is 0.136 e. The molecule has 0 aliphatic carbocycles. The van der Waals surface area contributed by atoms with Crippen molar-refractivity contribution >= 4 is 45.1 Å². The van der Waals surface area contributed by atoms with E-state index in [9.17, 15) is 13.2 Å². The number of aliphatic imine (C=N–C) groups is 3. The van der Waals surface area contributed by atoms with Crippen molar-refractivity contribution in [2.75, 3.05) is 19.6 Å². The summed E-state index contributed by atoms with van der Waals surface area (Å²) in [6.07, 6.45) is 5.67. The SMILES string of the molecule is C=C(c1c(F)cc(F)cc1F)C1CN=C(C(=NCC(=N)SC(=N)C2=CCC=NC2)C(C)CC)C1. The van der Waals surface area contributed by atoms with Crippen molar-refractivity contribution in [3.05, 3.63) is 53.4 Å². The fourth-order valence-corrected chi connectivity index (χ4v) is 4.47. The van der Waals surface area contributed by atoms with Crippen LogP contribution in [0.15, 0.2) is 45.3 Å². The highest BCUT2D eigenvalue weighted by molar-refractivity contribution is 8.26. The first-order chi connectivity index (χ1) is 16.2. The van der Waals surface area contributed by atoms with Gasteiger partial charge < -0.3 is 0 Å². The van der Waals surface area contributed by atoms with E-state index in [0.29, 0.717) is 43.1 Å². The normalized spacial score (nSPS) is 19.0. The lowest BCUT2D eigenvalue weighted by Crippen LogP contribution is -2.23. The van der Waals surface area contributed by atoms with Gasteiger partial charge in [-0.3, -0.25) is 25.8 Å². The van der Waals surface area contributed by atoms with Gasteiger partial charge in [-0.1, -0.05) is 38.3 Å². The number of nitrogens with zero attached hydrogens (tertiary/aromatic N) is 3. The molecule has 2 atom stereocenters. The van der Waals surface area contributed by atoms with Crippen LogP contribution in [0.3, 0.4) is 0 Å². The highest BCUT2D eigenvalue weighted by Gasteiger charge is 2.29. The highest BCUT2D eigenvalue weighted by Crippen LogP contribution is 2.33. The van der Waals surface area contributed by atoms with Crippen LogP contribution < -0.4 is 0 Å². The van der Waals surface area contributed by atoms with Gasteiger partial charge in [0.25, 0.3) is 0 Å². The quantitative estimate of drug-likeness (QED) is 0.334. The number of hydrogen-bond donors (Lipinski definition) is 2. The van der Waals surface area contributed by atoms with Gasteiger partial charge >= 0.3 is 0 Å². The van der Waals surface area contributed by atoms with Crippen LogP contribution in [0.5, 0.6) is 0 Å². The van der Waals surface area contributed by atoms with Gasteiger partial charge in [-0.25, -0.2) is 13.2 Å². The molecule has 1 aromatic rings. The Labute approximate surface area is 202 Å². The number of hydrogen-bond acceptors (Lipinski definition) is 6. The van der Waals surface area contributed by atoms with Crippen molar-refractivity contribution in [1.82, 2.24) is 0 Å². The Kier molecular flexibility index (Phi) is 8.77. The fourth-order valence-electron chi connectivity index (χ4n) is 3.82. The molecule has 2 heterocycles. The van der Waals surface area contributed by atoms with E-state index in [4.69, 9.17) is 10.8 Å². The summed E-state index contributed by atoms with van der Waals surface area (Å²) in [5.41, 5.74) is 2.25. The number of halogens is 3. The second-order valence-electron chi connectivity index (χ2n) is 8.31. The van der Waals surface area contributed by atoms with Crippen LogP contribution in [0.25, 0.3) is 5.57 Å². The highest BCUT2D eigenvalue weighted by atomic mass is 32.2. The van der Waals surface area contributed by atoms with Crippen molar-refractivity contribution in [2.45, 2.75) is 33.1 Å². The van der Waals surface area contributed by atoms with Gasteiger partial charge in [0.15, 0.2) is 0 Å². The molecule has 0 saturated carbocycles. The van der Waals surface area contributed by atoms with Crippen molar-refractivity contribution < 1.29 is 13.2 Å². The zero-order valence-corrected chi connectivity index (χ0v) is 20.1. The van der Waals surface area contributed by atoms with Crippen LogP contribution in [0.2, 0.25) is 0 Å². The molecule has 0 fully saturated rings. The fraction of sp³-hybridized carbons (Fsp3) is 0.400. The zero-order chi connectivity index (χ0) is 24.8. The molecular weight excluding hydrogens is 459 g/mol. The van der Waals surface area contributed by atoms with Gasteiger partial charge in [-0.05, 0) is 24.3 Å². The summed E-state index contributed by atoms with van der Waals surface area (Å²) in [6.45, 7) is 8.81. The summed E-state index contributed by atoms with van der Waals surface area (Å²) in [5, 5.41) is 17.0. The Morgan fingerprint density at radius 2 is 1.97 bits per heavy atom. The van der Waals surface area contributed by atoms with Gasteiger partial charge in [-0.15, -0.1) is 0 Å². The largest absolute Gasteiger partial charge is 0.296 e. The molecule has 2 aliphatic heterocycles. The van der Waals surface area contributed by atoms with E-state index in [2.05, 4.69) is 21.6 Å². The first-order valence-electron chi connectivity index (χ1n) is 11.1. The molecule has 34 heavy (non-hydrogen) atoms. The van der Waals surface area contributed by atoms with Crippen LogP contribution in [-0.4, -0.2) is 47.4 Å². The number of benzene rings is 1. The number of dihydropyridines is 1. The van der Waals surface area contributed by atoms with Gasteiger partial charge in [-0.2, -0.15) is 0 Å². The van der Waals surface area contributed by atoms with Crippen molar-refractivity contribution in [3.8, 4) is 0 Å². The Morgan fingerprint density at radius 1 is 1.26 bits per heavy atom. The van der Waals surface area contributed by atoms with E-state index in [1.807, 2.05) is 19.9 Å². The summed E-state index contributed by atoms with van der Waals surface area (Å²) in [5.74, 6) is -3.16. The first kappa shape index (κ1) is 25.8. The Morgan fingerprint density at radius 3 is 2.59 bits per heavy atom. The van der Waals surface area contributed by atoms with Crippen molar-refractivity contribution in [3.63, 3.8) is 0 Å². The van der Waals surface area contributed by atoms with Crippen LogP contribution in [0.4, 0.5) is 13.2 Å². The average Bonchev–Trinajstić information content (AvgIpc) is 3.28. The van der Waals surface area contributed by atoms with E-state index in [1.54, 1.807) is 6.21 Å². The summed E-state index contributed by atoms with van der Waals surface area (Å²) in [4.78, 5) is 13.4. The van der Waals surface area contributed by atoms with Crippen LogP contribution in [-0.2, 0) is 0 Å². The zero-order valence-electron chi connectivity index (χ0n) is 19.3. The summed E-state index contributed by atoms with van der Waals surface area (Å²) < 4.78 is 41.8. The van der Waals surface area contributed by atoms with E-state index < -0.39 is 17.5 Å². The maximum absolute atomic E-state index is 14.2. The number of rotatable bonds is 8. The molecule has 180 valence electrons. The van der Waals surface area contributed by atoms with Crippen LogP contribution in [0, 0.1) is 40.1 Å². The monoisotopic (exact) mass is 487 g/mol. The Bertz CT molecular complexity index is 1100. The molecule has 0 bridgehead atoms. The number of allylic oxidation sites excluding steroid dienone is 1. The van der Waals surface area contributed by atoms with Crippen LogP contribution in [0.1, 0.15) is 38.7 Å². The van der Waals surface area contributed by atoms with E-state index >= 15 is 0 Å². The summed E-state index contributed by atoms with van der Waals surface area (Å²) in [6, 6.07) is 1.31. The third-order valence-corrected chi connectivity index (χ3v) is 6.75. The molecule has 2 N–H and O–H groups in total. The van der Waals surface area contributed by atoms with Gasteiger partial charge in [0.2, 0.25) is 0 Å². The first-order valence-corrected chi connectivity index (χ1v) is 12.0. The average molecular weight is 488 g/mol.